The molecule has 0 radical (unpaired) electrons. The highest BCUT2D eigenvalue weighted by atomic mass is 16.2. The van der Waals surface area contributed by atoms with Gasteiger partial charge in [0.1, 0.15) is 5.82 Å². The number of aryl methyl sites for hydroxylation is 1. The number of rotatable bonds is 7. The first-order valence-corrected chi connectivity index (χ1v) is 8.61. The van der Waals surface area contributed by atoms with Crippen LogP contribution in [0.25, 0.3) is 0 Å². The molecule has 1 atom stereocenters. The van der Waals surface area contributed by atoms with E-state index >= 15 is 0 Å². The Morgan fingerprint density at radius 2 is 2.12 bits per heavy atom. The second kappa shape index (κ2) is 7.92. The molecule has 0 saturated carbocycles. The number of amides is 2. The van der Waals surface area contributed by atoms with Crippen LogP contribution in [0.3, 0.4) is 0 Å². The van der Waals surface area contributed by atoms with Crippen molar-refractivity contribution in [3.63, 3.8) is 0 Å². The van der Waals surface area contributed by atoms with Gasteiger partial charge in [0.2, 0.25) is 11.8 Å². The molecule has 0 aromatic carbocycles. The number of pyridine rings is 1. The normalized spacial score (nSPS) is 17.1. The highest BCUT2D eigenvalue weighted by Gasteiger charge is 2.34. The third-order valence-electron chi connectivity index (χ3n) is 4.40. The molecule has 3 rings (SSSR count). The summed E-state index contributed by atoms with van der Waals surface area (Å²) >= 11 is 0. The smallest absolute Gasteiger partial charge is 0.225 e. The van der Waals surface area contributed by atoms with E-state index < -0.39 is 0 Å². The van der Waals surface area contributed by atoms with Crippen molar-refractivity contribution in [3.05, 3.63) is 48.3 Å². The molecule has 3 heterocycles. The van der Waals surface area contributed by atoms with Crippen LogP contribution in [0, 0.1) is 5.92 Å². The summed E-state index contributed by atoms with van der Waals surface area (Å²) in [5, 5.41) is 2.92. The van der Waals surface area contributed by atoms with Crippen LogP contribution in [0.1, 0.15) is 31.2 Å². The highest BCUT2D eigenvalue weighted by Crippen LogP contribution is 2.20. The number of aromatic nitrogens is 3. The first-order valence-electron chi connectivity index (χ1n) is 8.61. The van der Waals surface area contributed by atoms with E-state index in [9.17, 15) is 9.59 Å². The van der Waals surface area contributed by atoms with Crippen LogP contribution in [-0.4, -0.2) is 37.8 Å². The maximum absolute atomic E-state index is 12.4. The molecule has 2 aromatic heterocycles. The second-order valence-corrected chi connectivity index (χ2v) is 6.29. The number of hydrogen-bond acceptors (Lipinski definition) is 4. The lowest BCUT2D eigenvalue weighted by Crippen LogP contribution is -2.33. The fraction of sp³-hybridized carbons (Fsp3) is 0.444. The molecule has 1 saturated heterocycles. The SMILES string of the molecule is CCCn1ccnc1CNC(=O)[C@H]1CC(=O)N(Cc2ccncc2)C1. The van der Waals surface area contributed by atoms with E-state index in [1.807, 2.05) is 22.9 Å². The summed E-state index contributed by atoms with van der Waals surface area (Å²) in [5.74, 6) is 0.471. The summed E-state index contributed by atoms with van der Waals surface area (Å²) < 4.78 is 2.04. The zero-order valence-electron chi connectivity index (χ0n) is 14.4. The summed E-state index contributed by atoms with van der Waals surface area (Å²) in [6.45, 7) is 4.35. The fourth-order valence-corrected chi connectivity index (χ4v) is 3.07. The lowest BCUT2D eigenvalue weighted by Gasteiger charge is -2.16. The van der Waals surface area contributed by atoms with Crippen molar-refractivity contribution in [2.45, 2.75) is 39.4 Å². The predicted octanol–water partition coefficient (Wildman–Crippen LogP) is 1.35. The number of imidazole rings is 1. The van der Waals surface area contributed by atoms with E-state index in [1.54, 1.807) is 23.5 Å². The summed E-state index contributed by atoms with van der Waals surface area (Å²) in [5.41, 5.74) is 1.02. The number of hydrogen-bond donors (Lipinski definition) is 1. The summed E-state index contributed by atoms with van der Waals surface area (Å²) in [7, 11) is 0. The zero-order valence-corrected chi connectivity index (χ0v) is 14.4. The predicted molar refractivity (Wildman–Crippen MR) is 92.1 cm³/mol. The van der Waals surface area contributed by atoms with Gasteiger partial charge in [0.15, 0.2) is 0 Å². The van der Waals surface area contributed by atoms with E-state index in [-0.39, 0.29) is 24.2 Å². The zero-order chi connectivity index (χ0) is 17.6. The van der Waals surface area contributed by atoms with Crippen LogP contribution in [0.2, 0.25) is 0 Å². The van der Waals surface area contributed by atoms with Crippen LogP contribution in [0.5, 0.6) is 0 Å². The molecule has 2 amide bonds. The molecule has 2 aromatic rings. The van der Waals surface area contributed by atoms with Gasteiger partial charge in [0.25, 0.3) is 0 Å². The first-order chi connectivity index (χ1) is 12.2. The molecule has 132 valence electrons. The Bertz CT molecular complexity index is 728. The molecular formula is C18H23N5O2. The van der Waals surface area contributed by atoms with Crippen LogP contribution in [0.4, 0.5) is 0 Å². The van der Waals surface area contributed by atoms with Gasteiger partial charge in [-0.25, -0.2) is 4.98 Å². The maximum atomic E-state index is 12.4. The minimum atomic E-state index is -0.302. The standard InChI is InChI=1S/C18H23N5O2/c1-2-8-22-9-7-20-16(22)11-21-18(25)15-10-17(24)23(13-15)12-14-3-5-19-6-4-14/h3-7,9,15H,2,8,10-13H2,1H3,(H,21,25)/t15-/m0/s1. The lowest BCUT2D eigenvalue weighted by atomic mass is 10.1. The largest absolute Gasteiger partial charge is 0.349 e. The van der Waals surface area contributed by atoms with Crippen LogP contribution in [-0.2, 0) is 29.2 Å². The molecule has 1 fully saturated rings. The monoisotopic (exact) mass is 341 g/mol. The molecule has 1 aliphatic heterocycles. The molecule has 25 heavy (non-hydrogen) atoms. The van der Waals surface area contributed by atoms with Crippen molar-refractivity contribution >= 4 is 11.8 Å². The lowest BCUT2D eigenvalue weighted by molar-refractivity contribution is -0.129. The second-order valence-electron chi connectivity index (χ2n) is 6.29. The van der Waals surface area contributed by atoms with Crippen LogP contribution in [0.15, 0.2) is 36.9 Å². The number of nitrogens with one attached hydrogen (secondary N) is 1. The Labute approximate surface area is 147 Å². The minimum Gasteiger partial charge on any atom is -0.349 e. The van der Waals surface area contributed by atoms with Crippen LogP contribution >= 0.6 is 0 Å². The Morgan fingerprint density at radius 3 is 2.88 bits per heavy atom. The van der Waals surface area contributed by atoms with Crippen molar-refractivity contribution in [2.75, 3.05) is 6.54 Å². The first kappa shape index (κ1) is 17.1. The maximum Gasteiger partial charge on any atom is 0.225 e. The van der Waals surface area contributed by atoms with Crippen molar-refractivity contribution in [2.24, 2.45) is 5.92 Å². The minimum absolute atomic E-state index is 0.0180. The van der Waals surface area contributed by atoms with Crippen molar-refractivity contribution in [1.82, 2.24) is 24.8 Å². The van der Waals surface area contributed by atoms with Gasteiger partial charge < -0.3 is 14.8 Å². The number of carbonyl (C=O) groups is 2. The van der Waals surface area contributed by atoms with Crippen molar-refractivity contribution < 1.29 is 9.59 Å². The average molecular weight is 341 g/mol. The number of carbonyl (C=O) groups excluding carboxylic acids is 2. The molecule has 0 aliphatic carbocycles. The fourth-order valence-electron chi connectivity index (χ4n) is 3.07. The van der Waals surface area contributed by atoms with Gasteiger partial charge in [-0.05, 0) is 24.1 Å². The van der Waals surface area contributed by atoms with Gasteiger partial charge in [-0.3, -0.25) is 14.6 Å². The summed E-state index contributed by atoms with van der Waals surface area (Å²) in [4.78, 5) is 34.6. The molecule has 7 heteroatoms. The summed E-state index contributed by atoms with van der Waals surface area (Å²) in [6.07, 6.45) is 8.35. The average Bonchev–Trinajstić information content (AvgIpc) is 3.21. The van der Waals surface area contributed by atoms with Crippen molar-refractivity contribution in [1.29, 1.82) is 0 Å². The Kier molecular flexibility index (Phi) is 5.42. The van der Waals surface area contributed by atoms with Gasteiger partial charge in [-0.15, -0.1) is 0 Å². The third-order valence-corrected chi connectivity index (χ3v) is 4.40. The van der Waals surface area contributed by atoms with E-state index in [0.717, 1.165) is 24.4 Å². The number of nitrogens with zero attached hydrogens (tertiary/aromatic N) is 4. The van der Waals surface area contributed by atoms with Gasteiger partial charge in [-0.2, -0.15) is 0 Å². The van der Waals surface area contributed by atoms with E-state index in [4.69, 9.17) is 0 Å². The quantitative estimate of drug-likeness (QED) is 0.824. The van der Waals surface area contributed by atoms with Crippen molar-refractivity contribution in [3.8, 4) is 0 Å². The number of likely N-dealkylation sites (tertiary alicyclic amines) is 1. The van der Waals surface area contributed by atoms with Gasteiger partial charge in [0.05, 0.1) is 12.5 Å². The third kappa shape index (κ3) is 4.23. The molecule has 1 N–H and O–H groups in total. The van der Waals surface area contributed by atoms with E-state index in [2.05, 4.69) is 22.2 Å². The molecule has 0 spiro atoms. The van der Waals surface area contributed by atoms with Gasteiger partial charge >= 0.3 is 0 Å². The molecular weight excluding hydrogens is 318 g/mol. The van der Waals surface area contributed by atoms with E-state index in [0.29, 0.717) is 19.6 Å². The Hall–Kier alpha value is -2.70. The van der Waals surface area contributed by atoms with Crippen LogP contribution < -0.4 is 5.32 Å². The molecule has 0 unspecified atom stereocenters. The molecule has 0 bridgehead atoms. The summed E-state index contributed by atoms with van der Waals surface area (Å²) in [6, 6.07) is 3.77. The Morgan fingerprint density at radius 1 is 1.32 bits per heavy atom. The van der Waals surface area contributed by atoms with E-state index in [1.165, 1.54) is 0 Å². The highest BCUT2D eigenvalue weighted by molar-refractivity contribution is 5.89. The Balaban J connectivity index is 1.53. The topological polar surface area (TPSA) is 80.1 Å². The molecule has 7 nitrogen and oxygen atoms in total. The van der Waals surface area contributed by atoms with Gasteiger partial charge in [0, 0.05) is 50.8 Å². The van der Waals surface area contributed by atoms with Gasteiger partial charge in [-0.1, -0.05) is 6.92 Å². The molecule has 1 aliphatic rings.